The first-order chi connectivity index (χ1) is 12.0. The average Bonchev–Trinajstić information content (AvgIpc) is 3.24. The summed E-state index contributed by atoms with van der Waals surface area (Å²) in [6, 6.07) is 7.77. The predicted octanol–water partition coefficient (Wildman–Crippen LogP) is 3.60. The maximum atomic E-state index is 13.1. The van der Waals surface area contributed by atoms with E-state index in [1.807, 2.05) is 13.8 Å². The lowest BCUT2D eigenvalue weighted by atomic mass is 10.1. The Morgan fingerprint density at radius 1 is 1.32 bits per heavy atom. The van der Waals surface area contributed by atoms with Crippen LogP contribution in [-0.2, 0) is 6.54 Å². The number of rotatable bonds is 5. The third kappa shape index (κ3) is 3.60. The molecule has 0 saturated carbocycles. The maximum absolute atomic E-state index is 13.1. The van der Waals surface area contributed by atoms with Crippen LogP contribution in [0.25, 0.3) is 11.3 Å². The van der Waals surface area contributed by atoms with Gasteiger partial charge >= 0.3 is 0 Å². The Labute approximate surface area is 144 Å². The predicted molar refractivity (Wildman–Crippen MR) is 90.4 cm³/mol. The monoisotopic (exact) mass is 342 g/mol. The highest BCUT2D eigenvalue weighted by atomic mass is 19.1. The number of halogens is 1. The van der Waals surface area contributed by atoms with Crippen molar-refractivity contribution < 1.29 is 13.7 Å². The molecular weight excluding hydrogens is 323 g/mol. The van der Waals surface area contributed by atoms with Crippen LogP contribution >= 0.6 is 0 Å². The molecule has 0 aliphatic carbocycles. The van der Waals surface area contributed by atoms with E-state index in [0.717, 1.165) is 16.8 Å². The maximum Gasteiger partial charge on any atom is 0.276 e. The van der Waals surface area contributed by atoms with Gasteiger partial charge in [-0.15, -0.1) is 0 Å². The van der Waals surface area contributed by atoms with E-state index >= 15 is 0 Å². The molecule has 0 fully saturated rings. The molecule has 6 nitrogen and oxygen atoms in total. The molecule has 0 radical (unpaired) electrons. The fourth-order valence-corrected chi connectivity index (χ4v) is 2.48. The third-order valence-electron chi connectivity index (χ3n) is 3.92. The molecule has 0 saturated heterocycles. The average molecular weight is 342 g/mol. The number of nitrogens with zero attached hydrogens (tertiary/aromatic N) is 3. The molecule has 0 bridgehead atoms. The number of hydrogen-bond donors (Lipinski definition) is 1. The molecule has 1 amide bonds. The molecule has 3 aromatic rings. The third-order valence-corrected chi connectivity index (χ3v) is 3.92. The lowest BCUT2D eigenvalue weighted by Crippen LogP contribution is -2.26. The molecule has 0 spiro atoms. The van der Waals surface area contributed by atoms with Gasteiger partial charge in [0, 0.05) is 36.7 Å². The van der Waals surface area contributed by atoms with E-state index in [1.165, 1.54) is 12.1 Å². The Morgan fingerprint density at radius 2 is 2.04 bits per heavy atom. The Balaban J connectivity index is 1.77. The lowest BCUT2D eigenvalue weighted by molar-refractivity contribution is 0.0775. The standard InChI is InChI=1S/C18H19FN4O2/c1-11(2)16-8-15(22-25-16)18(24)23(3)10-13-9-20-21-17(13)12-4-6-14(19)7-5-12/h4-9,11H,10H2,1-3H3,(H,20,21). The zero-order chi connectivity index (χ0) is 18.0. The molecule has 3 rings (SSSR count). The van der Waals surface area contributed by atoms with Gasteiger partial charge in [0.1, 0.15) is 11.6 Å². The Bertz CT molecular complexity index is 867. The molecule has 0 aliphatic rings. The van der Waals surface area contributed by atoms with Crippen LogP contribution in [0.2, 0.25) is 0 Å². The van der Waals surface area contributed by atoms with Crippen LogP contribution in [0.4, 0.5) is 4.39 Å². The first-order valence-corrected chi connectivity index (χ1v) is 7.96. The summed E-state index contributed by atoms with van der Waals surface area (Å²) in [5.41, 5.74) is 2.66. The van der Waals surface area contributed by atoms with E-state index < -0.39 is 0 Å². The molecular formula is C18H19FN4O2. The first kappa shape index (κ1) is 16.9. The second kappa shape index (κ2) is 6.88. The quantitative estimate of drug-likeness (QED) is 0.769. The van der Waals surface area contributed by atoms with Gasteiger partial charge in [0.05, 0.1) is 11.9 Å². The van der Waals surface area contributed by atoms with Crippen molar-refractivity contribution in [1.82, 2.24) is 20.3 Å². The van der Waals surface area contributed by atoms with Gasteiger partial charge in [-0.2, -0.15) is 5.10 Å². The highest BCUT2D eigenvalue weighted by Crippen LogP contribution is 2.23. The van der Waals surface area contributed by atoms with Crippen LogP contribution in [0.15, 0.2) is 41.1 Å². The highest BCUT2D eigenvalue weighted by Gasteiger charge is 2.20. The molecule has 25 heavy (non-hydrogen) atoms. The molecule has 0 atom stereocenters. The van der Waals surface area contributed by atoms with Crippen LogP contribution in [0.1, 0.15) is 41.6 Å². The fraction of sp³-hybridized carbons (Fsp3) is 0.278. The van der Waals surface area contributed by atoms with E-state index in [-0.39, 0.29) is 23.3 Å². The summed E-state index contributed by atoms with van der Waals surface area (Å²) in [5.74, 6) is 0.302. The second-order valence-electron chi connectivity index (χ2n) is 6.21. The van der Waals surface area contributed by atoms with Crippen molar-refractivity contribution in [3.63, 3.8) is 0 Å². The molecule has 130 valence electrons. The normalized spacial score (nSPS) is 11.1. The number of aromatic amines is 1. The minimum atomic E-state index is -0.302. The van der Waals surface area contributed by atoms with E-state index in [9.17, 15) is 9.18 Å². The molecule has 0 aliphatic heterocycles. The topological polar surface area (TPSA) is 75.0 Å². The van der Waals surface area contributed by atoms with Crippen molar-refractivity contribution in [2.75, 3.05) is 7.05 Å². The zero-order valence-electron chi connectivity index (χ0n) is 14.3. The zero-order valence-corrected chi connectivity index (χ0v) is 14.3. The Hall–Kier alpha value is -2.96. The Morgan fingerprint density at radius 3 is 2.68 bits per heavy atom. The molecule has 0 unspecified atom stereocenters. The number of aromatic nitrogens is 3. The summed E-state index contributed by atoms with van der Waals surface area (Å²) in [6.07, 6.45) is 1.66. The SMILES string of the molecule is CC(C)c1cc(C(=O)N(C)Cc2cn[nH]c2-c2ccc(F)cc2)no1. The van der Waals surface area contributed by atoms with Crippen LogP contribution in [0, 0.1) is 5.82 Å². The van der Waals surface area contributed by atoms with E-state index in [4.69, 9.17) is 4.52 Å². The Kier molecular flexibility index (Phi) is 4.65. The van der Waals surface area contributed by atoms with Gasteiger partial charge in [-0.1, -0.05) is 19.0 Å². The summed E-state index contributed by atoms with van der Waals surface area (Å²) in [4.78, 5) is 14.1. The number of amides is 1. The second-order valence-corrected chi connectivity index (χ2v) is 6.21. The van der Waals surface area contributed by atoms with E-state index in [0.29, 0.717) is 12.3 Å². The molecule has 2 aromatic heterocycles. The summed E-state index contributed by atoms with van der Waals surface area (Å²) in [7, 11) is 1.69. The minimum Gasteiger partial charge on any atom is -0.360 e. The van der Waals surface area contributed by atoms with Gasteiger partial charge in [-0.3, -0.25) is 9.89 Å². The summed E-state index contributed by atoms with van der Waals surface area (Å²) in [5, 5.41) is 10.8. The van der Waals surface area contributed by atoms with Gasteiger partial charge in [0.2, 0.25) is 0 Å². The number of carbonyl (C=O) groups excluding carboxylic acids is 1. The van der Waals surface area contributed by atoms with E-state index in [2.05, 4.69) is 15.4 Å². The summed E-state index contributed by atoms with van der Waals surface area (Å²) >= 11 is 0. The van der Waals surface area contributed by atoms with Gasteiger partial charge in [-0.25, -0.2) is 4.39 Å². The van der Waals surface area contributed by atoms with Gasteiger partial charge in [0.15, 0.2) is 5.69 Å². The minimum absolute atomic E-state index is 0.165. The van der Waals surface area contributed by atoms with Gasteiger partial charge in [-0.05, 0) is 24.3 Å². The van der Waals surface area contributed by atoms with Crippen LogP contribution in [-0.4, -0.2) is 33.2 Å². The summed E-state index contributed by atoms with van der Waals surface area (Å²) in [6.45, 7) is 4.28. The smallest absolute Gasteiger partial charge is 0.276 e. The number of hydrogen-bond acceptors (Lipinski definition) is 4. The lowest BCUT2D eigenvalue weighted by Gasteiger charge is -2.15. The van der Waals surface area contributed by atoms with Crippen molar-refractivity contribution in [3.8, 4) is 11.3 Å². The number of H-pyrrole nitrogens is 1. The van der Waals surface area contributed by atoms with Crippen LogP contribution in [0.5, 0.6) is 0 Å². The molecule has 1 N–H and O–H groups in total. The first-order valence-electron chi connectivity index (χ1n) is 7.96. The van der Waals surface area contributed by atoms with Gasteiger partial charge < -0.3 is 9.42 Å². The van der Waals surface area contributed by atoms with Gasteiger partial charge in [0.25, 0.3) is 5.91 Å². The van der Waals surface area contributed by atoms with Crippen molar-refractivity contribution >= 4 is 5.91 Å². The van der Waals surface area contributed by atoms with Crippen molar-refractivity contribution in [3.05, 3.63) is 59.4 Å². The number of nitrogens with one attached hydrogen (secondary N) is 1. The van der Waals surface area contributed by atoms with Crippen LogP contribution < -0.4 is 0 Å². The molecule has 2 heterocycles. The molecule has 7 heteroatoms. The van der Waals surface area contributed by atoms with Crippen molar-refractivity contribution in [2.24, 2.45) is 0 Å². The number of carbonyl (C=O) groups is 1. The largest absolute Gasteiger partial charge is 0.360 e. The van der Waals surface area contributed by atoms with Crippen molar-refractivity contribution in [2.45, 2.75) is 26.3 Å². The number of benzene rings is 1. The molecule has 1 aromatic carbocycles. The van der Waals surface area contributed by atoms with Crippen LogP contribution in [0.3, 0.4) is 0 Å². The van der Waals surface area contributed by atoms with E-state index in [1.54, 1.807) is 36.3 Å². The fourth-order valence-electron chi connectivity index (χ4n) is 2.48. The summed E-state index contributed by atoms with van der Waals surface area (Å²) < 4.78 is 18.3. The van der Waals surface area contributed by atoms with Crippen molar-refractivity contribution in [1.29, 1.82) is 0 Å². The highest BCUT2D eigenvalue weighted by molar-refractivity contribution is 5.92.